The molecular weight excluding hydrogens is 238 g/mol. The van der Waals surface area contributed by atoms with Gasteiger partial charge in [-0.1, -0.05) is 6.92 Å². The fraction of sp³-hybridized carbons (Fsp3) is 0.636. The largest absolute Gasteiger partial charge is 0.379 e. The van der Waals surface area contributed by atoms with Crippen LogP contribution in [-0.2, 0) is 9.53 Å². The highest BCUT2D eigenvalue weighted by Gasteiger charge is 2.32. The number of rotatable bonds is 4. The number of carbonyl (C=O) groups excluding carboxylic acids is 1. The molecule has 1 aromatic heterocycles. The first-order chi connectivity index (χ1) is 8.22. The standard InChI is InChI=1S/C11H17N3O2S/c1-2-9(11-13-3-4-17-11)14-10(15)7-5-16-6-8(7)12/h3-4,7-9H,2,5-6,12H2,1H3,(H,14,15). The third-order valence-corrected chi connectivity index (χ3v) is 3.82. The Morgan fingerprint density at radius 1 is 1.76 bits per heavy atom. The number of nitrogens with zero attached hydrogens (tertiary/aromatic N) is 1. The van der Waals surface area contributed by atoms with E-state index in [0.29, 0.717) is 13.2 Å². The number of nitrogens with two attached hydrogens (primary N) is 1. The van der Waals surface area contributed by atoms with Gasteiger partial charge < -0.3 is 15.8 Å². The van der Waals surface area contributed by atoms with Gasteiger partial charge in [0.1, 0.15) is 5.01 Å². The molecule has 3 unspecified atom stereocenters. The first-order valence-electron chi connectivity index (χ1n) is 5.75. The van der Waals surface area contributed by atoms with Gasteiger partial charge in [-0.15, -0.1) is 11.3 Å². The van der Waals surface area contributed by atoms with E-state index in [1.807, 2.05) is 12.3 Å². The van der Waals surface area contributed by atoms with Gasteiger partial charge in [-0.2, -0.15) is 0 Å². The van der Waals surface area contributed by atoms with Crippen LogP contribution in [0, 0.1) is 5.92 Å². The summed E-state index contributed by atoms with van der Waals surface area (Å²) in [5.74, 6) is -0.263. The number of amides is 1. The number of aromatic nitrogens is 1. The number of nitrogens with one attached hydrogen (secondary N) is 1. The molecule has 1 amide bonds. The van der Waals surface area contributed by atoms with Crippen LogP contribution in [0.5, 0.6) is 0 Å². The van der Waals surface area contributed by atoms with Crippen molar-refractivity contribution >= 4 is 17.2 Å². The summed E-state index contributed by atoms with van der Waals surface area (Å²) in [6.45, 7) is 2.91. The van der Waals surface area contributed by atoms with Crippen LogP contribution in [0.1, 0.15) is 24.4 Å². The van der Waals surface area contributed by atoms with Gasteiger partial charge in [-0.25, -0.2) is 4.98 Å². The van der Waals surface area contributed by atoms with Crippen LogP contribution in [-0.4, -0.2) is 30.1 Å². The van der Waals surface area contributed by atoms with Crippen molar-refractivity contribution in [1.82, 2.24) is 10.3 Å². The maximum absolute atomic E-state index is 12.0. The molecule has 1 aromatic rings. The van der Waals surface area contributed by atoms with Crippen molar-refractivity contribution in [3.8, 4) is 0 Å². The highest BCUT2D eigenvalue weighted by atomic mass is 32.1. The van der Waals surface area contributed by atoms with Crippen molar-refractivity contribution in [2.75, 3.05) is 13.2 Å². The molecule has 3 atom stereocenters. The quantitative estimate of drug-likeness (QED) is 0.829. The summed E-state index contributed by atoms with van der Waals surface area (Å²) in [5.41, 5.74) is 5.82. The second kappa shape index (κ2) is 5.57. The maximum Gasteiger partial charge on any atom is 0.227 e. The molecular formula is C11H17N3O2S. The molecule has 0 bridgehead atoms. The lowest BCUT2D eigenvalue weighted by Crippen LogP contribution is -2.42. The number of ether oxygens (including phenoxy) is 1. The lowest BCUT2D eigenvalue weighted by Gasteiger charge is -2.18. The zero-order valence-electron chi connectivity index (χ0n) is 9.76. The highest BCUT2D eigenvalue weighted by molar-refractivity contribution is 7.09. The maximum atomic E-state index is 12.0. The Hall–Kier alpha value is -0.980. The van der Waals surface area contributed by atoms with Gasteiger partial charge in [-0.3, -0.25) is 4.79 Å². The summed E-state index contributed by atoms with van der Waals surface area (Å²) in [5, 5.41) is 5.84. The minimum absolute atomic E-state index is 0.0182. The molecule has 1 aliphatic heterocycles. The average Bonchev–Trinajstić information content (AvgIpc) is 2.96. The molecule has 2 heterocycles. The molecule has 1 saturated heterocycles. The van der Waals surface area contributed by atoms with E-state index < -0.39 is 0 Å². The van der Waals surface area contributed by atoms with Crippen LogP contribution in [0.4, 0.5) is 0 Å². The molecule has 5 nitrogen and oxygen atoms in total. The fourth-order valence-electron chi connectivity index (χ4n) is 1.86. The van der Waals surface area contributed by atoms with Crippen molar-refractivity contribution in [2.45, 2.75) is 25.4 Å². The monoisotopic (exact) mass is 255 g/mol. The van der Waals surface area contributed by atoms with Crippen molar-refractivity contribution in [3.05, 3.63) is 16.6 Å². The van der Waals surface area contributed by atoms with Crippen LogP contribution in [0.25, 0.3) is 0 Å². The Kier molecular flexibility index (Phi) is 4.09. The molecule has 2 rings (SSSR count). The Bertz CT molecular complexity index is 369. The van der Waals surface area contributed by atoms with Gasteiger partial charge in [0.15, 0.2) is 0 Å². The molecule has 0 spiro atoms. The molecule has 0 saturated carbocycles. The summed E-state index contributed by atoms with van der Waals surface area (Å²) in [6.07, 6.45) is 2.57. The average molecular weight is 255 g/mol. The van der Waals surface area contributed by atoms with E-state index in [9.17, 15) is 4.79 Å². The summed E-state index contributed by atoms with van der Waals surface area (Å²) in [7, 11) is 0. The predicted molar refractivity (Wildman–Crippen MR) is 65.6 cm³/mol. The molecule has 17 heavy (non-hydrogen) atoms. The summed E-state index contributed by atoms with van der Waals surface area (Å²) in [6, 6.07) is -0.209. The van der Waals surface area contributed by atoms with Crippen LogP contribution in [0.2, 0.25) is 0 Å². The summed E-state index contributed by atoms with van der Waals surface area (Å²) in [4.78, 5) is 16.3. The molecule has 0 aliphatic carbocycles. The third-order valence-electron chi connectivity index (χ3n) is 2.94. The lowest BCUT2D eigenvalue weighted by molar-refractivity contribution is -0.126. The molecule has 0 radical (unpaired) electrons. The van der Waals surface area contributed by atoms with E-state index >= 15 is 0 Å². The number of thiazole rings is 1. The Morgan fingerprint density at radius 2 is 2.59 bits per heavy atom. The first-order valence-corrected chi connectivity index (χ1v) is 6.63. The zero-order valence-corrected chi connectivity index (χ0v) is 10.6. The van der Waals surface area contributed by atoms with E-state index in [2.05, 4.69) is 10.3 Å². The normalized spacial score (nSPS) is 25.8. The van der Waals surface area contributed by atoms with E-state index in [-0.39, 0.29) is 23.9 Å². The van der Waals surface area contributed by atoms with Crippen LogP contribution in [0.15, 0.2) is 11.6 Å². The smallest absolute Gasteiger partial charge is 0.227 e. The second-order valence-corrected chi connectivity index (χ2v) is 5.07. The molecule has 0 aromatic carbocycles. The SMILES string of the molecule is CCC(NC(=O)C1COCC1N)c1nccs1. The number of hydrogen-bond acceptors (Lipinski definition) is 5. The van der Waals surface area contributed by atoms with Crippen molar-refractivity contribution in [2.24, 2.45) is 11.7 Å². The molecule has 6 heteroatoms. The van der Waals surface area contributed by atoms with Crippen molar-refractivity contribution < 1.29 is 9.53 Å². The van der Waals surface area contributed by atoms with Gasteiger partial charge in [0.2, 0.25) is 5.91 Å². The van der Waals surface area contributed by atoms with Crippen LogP contribution in [0.3, 0.4) is 0 Å². The van der Waals surface area contributed by atoms with Gasteiger partial charge in [-0.05, 0) is 6.42 Å². The molecule has 3 N–H and O–H groups in total. The minimum Gasteiger partial charge on any atom is -0.379 e. The van der Waals surface area contributed by atoms with Gasteiger partial charge in [0, 0.05) is 17.6 Å². The Balaban J connectivity index is 1.97. The fourth-order valence-corrected chi connectivity index (χ4v) is 2.64. The van der Waals surface area contributed by atoms with Gasteiger partial charge >= 0.3 is 0 Å². The van der Waals surface area contributed by atoms with E-state index in [4.69, 9.17) is 10.5 Å². The molecule has 1 aliphatic rings. The van der Waals surface area contributed by atoms with E-state index in [1.165, 1.54) is 0 Å². The van der Waals surface area contributed by atoms with Crippen molar-refractivity contribution in [1.29, 1.82) is 0 Å². The van der Waals surface area contributed by atoms with Gasteiger partial charge in [0.25, 0.3) is 0 Å². The topological polar surface area (TPSA) is 77.2 Å². The van der Waals surface area contributed by atoms with E-state index in [1.54, 1.807) is 17.5 Å². The zero-order chi connectivity index (χ0) is 12.3. The third kappa shape index (κ3) is 2.83. The Morgan fingerprint density at radius 3 is 3.12 bits per heavy atom. The Labute approximate surface area is 104 Å². The minimum atomic E-state index is -0.232. The van der Waals surface area contributed by atoms with Crippen molar-refractivity contribution in [3.63, 3.8) is 0 Å². The van der Waals surface area contributed by atoms with E-state index in [0.717, 1.165) is 11.4 Å². The molecule has 1 fully saturated rings. The first kappa shape index (κ1) is 12.5. The predicted octanol–water partition coefficient (Wildman–Crippen LogP) is 0.684. The highest BCUT2D eigenvalue weighted by Crippen LogP contribution is 2.20. The summed E-state index contributed by atoms with van der Waals surface area (Å²) >= 11 is 1.55. The van der Waals surface area contributed by atoms with Crippen LogP contribution >= 0.6 is 11.3 Å². The summed E-state index contributed by atoms with van der Waals surface area (Å²) < 4.78 is 5.20. The lowest BCUT2D eigenvalue weighted by atomic mass is 10.0. The molecule has 94 valence electrons. The number of carbonyl (C=O) groups is 1. The second-order valence-electron chi connectivity index (χ2n) is 4.15. The van der Waals surface area contributed by atoms with Gasteiger partial charge in [0.05, 0.1) is 25.2 Å². The number of hydrogen-bond donors (Lipinski definition) is 2. The van der Waals surface area contributed by atoms with Crippen LogP contribution < -0.4 is 11.1 Å².